The van der Waals surface area contributed by atoms with Gasteiger partial charge in [0, 0.05) is 5.92 Å². The van der Waals surface area contributed by atoms with Gasteiger partial charge < -0.3 is 25.8 Å². The summed E-state index contributed by atoms with van der Waals surface area (Å²) in [5.74, 6) is 1.23. The van der Waals surface area contributed by atoms with E-state index in [9.17, 15) is 15.3 Å². The van der Waals surface area contributed by atoms with Crippen LogP contribution in [-0.4, -0.2) is 59.3 Å². The number of rotatable bonds is 7. The second-order valence-corrected chi connectivity index (χ2v) is 8.71. The fourth-order valence-electron chi connectivity index (χ4n) is 5.53. The van der Waals surface area contributed by atoms with Crippen LogP contribution < -0.4 is 5.73 Å². The second kappa shape index (κ2) is 8.03. The molecule has 3 heterocycles. The van der Waals surface area contributed by atoms with Gasteiger partial charge in [-0.05, 0) is 25.7 Å². The van der Waals surface area contributed by atoms with Gasteiger partial charge in [-0.1, -0.05) is 39.5 Å². The number of fused-ring (bicyclic) bond motifs is 1. The van der Waals surface area contributed by atoms with Crippen molar-refractivity contribution >= 4 is 17.0 Å². The zero-order valence-electron chi connectivity index (χ0n) is 17.8. The Labute approximate surface area is 176 Å². The average molecular weight is 420 g/mol. The van der Waals surface area contributed by atoms with Gasteiger partial charge >= 0.3 is 0 Å². The minimum absolute atomic E-state index is 0.187. The first-order valence-corrected chi connectivity index (χ1v) is 11.1. The maximum absolute atomic E-state index is 12.0. The van der Waals surface area contributed by atoms with Crippen molar-refractivity contribution in [1.29, 1.82) is 0 Å². The molecule has 0 spiro atoms. The number of nitrogens with zero attached hydrogens (tertiary/aromatic N) is 4. The molecule has 4 atom stereocenters. The highest BCUT2D eigenvalue weighted by molar-refractivity contribution is 5.82. The van der Waals surface area contributed by atoms with Crippen molar-refractivity contribution in [2.45, 2.75) is 94.7 Å². The first-order valence-electron chi connectivity index (χ1n) is 11.1. The Morgan fingerprint density at radius 3 is 2.53 bits per heavy atom. The van der Waals surface area contributed by atoms with Crippen LogP contribution in [0.5, 0.6) is 0 Å². The van der Waals surface area contributed by atoms with Gasteiger partial charge in [-0.25, -0.2) is 15.0 Å². The highest BCUT2D eigenvalue weighted by Crippen LogP contribution is 2.52. The van der Waals surface area contributed by atoms with Crippen molar-refractivity contribution in [2.24, 2.45) is 0 Å². The quantitative estimate of drug-likeness (QED) is 0.533. The fraction of sp³-hybridized carbons (Fsp3) is 0.762. The number of nitrogens with two attached hydrogens (primary N) is 1. The van der Waals surface area contributed by atoms with E-state index in [4.69, 9.17) is 15.5 Å². The number of ether oxygens (including phenoxy) is 1. The molecule has 0 aromatic carbocycles. The summed E-state index contributed by atoms with van der Waals surface area (Å²) in [6, 6.07) is 0. The smallest absolute Gasteiger partial charge is 0.179 e. The van der Waals surface area contributed by atoms with Crippen LogP contribution in [0, 0.1) is 0 Å². The van der Waals surface area contributed by atoms with E-state index >= 15 is 0 Å². The minimum Gasteiger partial charge on any atom is -0.394 e. The molecule has 2 aliphatic rings. The van der Waals surface area contributed by atoms with Crippen LogP contribution >= 0.6 is 0 Å². The lowest BCUT2D eigenvalue weighted by Gasteiger charge is -2.44. The summed E-state index contributed by atoms with van der Waals surface area (Å²) < 4.78 is 8.27. The summed E-state index contributed by atoms with van der Waals surface area (Å²) in [6.07, 6.45) is 5.53. The Balaban J connectivity index is 2.03. The van der Waals surface area contributed by atoms with E-state index in [1.165, 1.54) is 6.33 Å². The molecule has 30 heavy (non-hydrogen) atoms. The highest BCUT2D eigenvalue weighted by atomic mass is 16.6. The minimum atomic E-state index is -1.61. The first kappa shape index (κ1) is 21.4. The molecule has 0 amide bonds. The second-order valence-electron chi connectivity index (χ2n) is 8.71. The zero-order chi connectivity index (χ0) is 21.5. The molecule has 0 unspecified atom stereocenters. The third-order valence-corrected chi connectivity index (χ3v) is 6.84. The first-order chi connectivity index (χ1) is 14.4. The number of hydrogen-bond acceptors (Lipinski definition) is 8. The third-order valence-electron chi connectivity index (χ3n) is 6.84. The Hall–Kier alpha value is -1.81. The van der Waals surface area contributed by atoms with E-state index in [0.717, 1.165) is 31.5 Å². The van der Waals surface area contributed by atoms with E-state index in [0.29, 0.717) is 36.8 Å². The molecule has 1 saturated heterocycles. The summed E-state index contributed by atoms with van der Waals surface area (Å²) in [5, 5.41) is 32.9. The Morgan fingerprint density at radius 1 is 1.20 bits per heavy atom. The topological polar surface area (TPSA) is 140 Å². The van der Waals surface area contributed by atoms with Crippen molar-refractivity contribution in [3.8, 4) is 0 Å². The molecule has 166 valence electrons. The van der Waals surface area contributed by atoms with E-state index < -0.39 is 23.5 Å². The zero-order valence-corrected chi connectivity index (χ0v) is 17.8. The van der Waals surface area contributed by atoms with Crippen LogP contribution in [-0.2, 0) is 10.5 Å². The highest BCUT2D eigenvalue weighted by Gasteiger charge is 2.66. The van der Waals surface area contributed by atoms with Crippen LogP contribution in [0.1, 0.15) is 77.0 Å². The van der Waals surface area contributed by atoms with E-state index in [2.05, 4.69) is 9.97 Å². The normalized spacial score (nSPS) is 32.4. The number of anilines is 1. The molecule has 5 N–H and O–H groups in total. The lowest BCUT2D eigenvalue weighted by molar-refractivity contribution is -0.203. The van der Waals surface area contributed by atoms with E-state index in [-0.39, 0.29) is 18.3 Å². The molecule has 2 fully saturated rings. The summed E-state index contributed by atoms with van der Waals surface area (Å²) in [7, 11) is 0. The summed E-state index contributed by atoms with van der Waals surface area (Å²) in [6.45, 7) is 3.58. The number of aliphatic hydroxyl groups is 3. The maximum atomic E-state index is 12.0. The van der Waals surface area contributed by atoms with Gasteiger partial charge in [-0.2, -0.15) is 0 Å². The summed E-state index contributed by atoms with van der Waals surface area (Å²) in [5.41, 5.74) is 4.21. The van der Waals surface area contributed by atoms with Crippen LogP contribution in [0.25, 0.3) is 11.2 Å². The molecular weight excluding hydrogens is 386 g/mol. The van der Waals surface area contributed by atoms with Crippen molar-refractivity contribution in [1.82, 2.24) is 19.5 Å². The Bertz CT molecular complexity index is 899. The SMILES string of the molecule is CCC[C@@]1(O)[C@H](O)[C@@H](CO)O[C@@]1(CCC)n1c(C2CCCC2)nc2c(N)ncnc21. The molecule has 2 aromatic rings. The van der Waals surface area contributed by atoms with Gasteiger partial charge in [-0.15, -0.1) is 0 Å². The molecule has 1 saturated carbocycles. The predicted molar refractivity (Wildman–Crippen MR) is 112 cm³/mol. The van der Waals surface area contributed by atoms with Gasteiger partial charge in [-0.3, -0.25) is 4.57 Å². The van der Waals surface area contributed by atoms with Gasteiger partial charge in [0.25, 0.3) is 0 Å². The van der Waals surface area contributed by atoms with Crippen LogP contribution in [0.3, 0.4) is 0 Å². The van der Waals surface area contributed by atoms with Gasteiger partial charge in [0.15, 0.2) is 22.7 Å². The lowest BCUT2D eigenvalue weighted by atomic mass is 9.79. The molecule has 0 bridgehead atoms. The molecule has 9 heteroatoms. The van der Waals surface area contributed by atoms with Gasteiger partial charge in [0.05, 0.1) is 6.61 Å². The van der Waals surface area contributed by atoms with E-state index in [1.807, 2.05) is 18.4 Å². The number of hydrogen-bond donors (Lipinski definition) is 4. The number of aromatic nitrogens is 4. The fourth-order valence-corrected chi connectivity index (χ4v) is 5.53. The molecule has 9 nitrogen and oxygen atoms in total. The predicted octanol–water partition coefficient (Wildman–Crippen LogP) is 1.80. The Kier molecular flexibility index (Phi) is 5.73. The summed E-state index contributed by atoms with van der Waals surface area (Å²) >= 11 is 0. The number of nitrogen functional groups attached to an aromatic ring is 1. The Morgan fingerprint density at radius 2 is 1.90 bits per heavy atom. The van der Waals surface area contributed by atoms with Crippen molar-refractivity contribution < 1.29 is 20.1 Å². The lowest BCUT2D eigenvalue weighted by Crippen LogP contribution is -2.58. The molecule has 2 aromatic heterocycles. The number of aliphatic hydroxyl groups excluding tert-OH is 2. The third kappa shape index (κ3) is 2.94. The van der Waals surface area contributed by atoms with Gasteiger partial charge in [0.1, 0.15) is 30.0 Å². The summed E-state index contributed by atoms with van der Waals surface area (Å²) in [4.78, 5) is 13.4. The maximum Gasteiger partial charge on any atom is 0.179 e. The molecule has 1 aliphatic heterocycles. The van der Waals surface area contributed by atoms with Crippen LogP contribution in [0.4, 0.5) is 5.82 Å². The van der Waals surface area contributed by atoms with Crippen molar-refractivity contribution in [3.05, 3.63) is 12.2 Å². The van der Waals surface area contributed by atoms with Gasteiger partial charge in [0.2, 0.25) is 0 Å². The van der Waals surface area contributed by atoms with Crippen molar-refractivity contribution in [2.75, 3.05) is 12.3 Å². The molecule has 0 radical (unpaired) electrons. The largest absolute Gasteiger partial charge is 0.394 e. The van der Waals surface area contributed by atoms with Crippen LogP contribution in [0.15, 0.2) is 6.33 Å². The standard InChI is InChI=1S/C21H33N5O4/c1-3-9-20(29)16(28)14(11-27)30-21(20,10-4-2)26-18(13-7-5-6-8-13)25-15-17(22)23-12-24-19(15)26/h12-14,16,27-29H,3-11H2,1-2H3,(H2,22,23,24)/t14-,16-,20-,21-/m1/s1. The van der Waals surface area contributed by atoms with Crippen molar-refractivity contribution in [3.63, 3.8) is 0 Å². The van der Waals surface area contributed by atoms with E-state index in [1.54, 1.807) is 0 Å². The average Bonchev–Trinajstić information content (AvgIpc) is 3.42. The number of imidazole rings is 1. The molecule has 4 rings (SSSR count). The monoisotopic (exact) mass is 419 g/mol. The molecular formula is C21H33N5O4. The molecule has 1 aliphatic carbocycles. The van der Waals surface area contributed by atoms with Crippen LogP contribution in [0.2, 0.25) is 0 Å².